The fraction of sp³-hybridized carbons (Fsp3) is 0. The van der Waals surface area contributed by atoms with Crippen molar-refractivity contribution in [3.8, 4) is 5.75 Å². The second-order valence-electron chi connectivity index (χ2n) is 3.86. The Balaban J connectivity index is 2.28. The Kier molecular flexibility index (Phi) is 3.47. The van der Waals surface area contributed by atoms with Crippen LogP contribution in [0.4, 0.5) is 5.69 Å². The molecule has 0 saturated carbocycles. The van der Waals surface area contributed by atoms with Gasteiger partial charge in [-0.05, 0) is 24.3 Å². The van der Waals surface area contributed by atoms with Gasteiger partial charge in [0, 0.05) is 11.8 Å². The zero-order valence-corrected chi connectivity index (χ0v) is 9.83. The summed E-state index contributed by atoms with van der Waals surface area (Å²) >= 11 is 0. The van der Waals surface area contributed by atoms with Crippen LogP contribution < -0.4 is 5.32 Å². The Bertz CT molecular complexity index is 637. The molecule has 3 N–H and O–H groups in total. The zero-order chi connectivity index (χ0) is 13.8. The minimum Gasteiger partial charge on any atom is -0.508 e. The number of phenolic OH excluding ortho intramolecular Hbond substituents is 1. The summed E-state index contributed by atoms with van der Waals surface area (Å²) in [5, 5.41) is 20.8. The maximum atomic E-state index is 12.0. The first-order chi connectivity index (χ1) is 9.08. The third-order valence-corrected chi connectivity index (χ3v) is 2.51. The van der Waals surface area contributed by atoms with Crippen molar-refractivity contribution in [1.82, 2.24) is 0 Å². The molecule has 0 bridgehead atoms. The third kappa shape index (κ3) is 2.90. The Hall–Kier alpha value is -2.82. The van der Waals surface area contributed by atoms with E-state index < -0.39 is 11.9 Å². The van der Waals surface area contributed by atoms with Crippen molar-refractivity contribution in [3.63, 3.8) is 0 Å². The van der Waals surface area contributed by atoms with E-state index in [0.29, 0.717) is 5.69 Å². The number of carbonyl (C=O) groups is 2. The number of amides is 1. The van der Waals surface area contributed by atoms with Gasteiger partial charge in [0.1, 0.15) is 5.75 Å². The number of anilines is 1. The van der Waals surface area contributed by atoms with E-state index in [1.807, 2.05) is 0 Å². The maximum absolute atomic E-state index is 12.0. The molecule has 0 aliphatic heterocycles. The lowest BCUT2D eigenvalue weighted by Crippen LogP contribution is -2.16. The van der Waals surface area contributed by atoms with E-state index in [1.54, 1.807) is 24.3 Å². The molecule has 0 unspecified atom stereocenters. The lowest BCUT2D eigenvalue weighted by molar-refractivity contribution is 0.0692. The first kappa shape index (κ1) is 12.6. The minimum atomic E-state index is -1.17. The van der Waals surface area contributed by atoms with Crippen LogP contribution >= 0.6 is 0 Å². The molecule has 0 aromatic heterocycles. The van der Waals surface area contributed by atoms with Gasteiger partial charge in [0.2, 0.25) is 0 Å². The van der Waals surface area contributed by atoms with Crippen LogP contribution in [0.5, 0.6) is 5.75 Å². The summed E-state index contributed by atoms with van der Waals surface area (Å²) < 4.78 is 0. The summed E-state index contributed by atoms with van der Waals surface area (Å²) in [6.07, 6.45) is 0. The number of rotatable bonds is 3. The predicted octanol–water partition coefficient (Wildman–Crippen LogP) is 2.34. The van der Waals surface area contributed by atoms with Crippen molar-refractivity contribution < 1.29 is 19.8 Å². The molecule has 1 amide bonds. The fourth-order valence-electron chi connectivity index (χ4n) is 1.65. The van der Waals surface area contributed by atoms with Crippen molar-refractivity contribution in [1.29, 1.82) is 0 Å². The summed E-state index contributed by atoms with van der Waals surface area (Å²) in [6, 6.07) is 12.0. The fourth-order valence-corrected chi connectivity index (χ4v) is 1.65. The zero-order valence-electron chi connectivity index (χ0n) is 9.83. The highest BCUT2D eigenvalue weighted by Crippen LogP contribution is 2.17. The van der Waals surface area contributed by atoms with Gasteiger partial charge in [-0.1, -0.05) is 18.2 Å². The summed E-state index contributed by atoms with van der Waals surface area (Å²) in [7, 11) is 0. The Morgan fingerprint density at radius 1 is 0.947 bits per heavy atom. The molecule has 0 aliphatic carbocycles. The monoisotopic (exact) mass is 257 g/mol. The number of hydrogen-bond acceptors (Lipinski definition) is 3. The number of hydrogen-bond donors (Lipinski definition) is 3. The normalized spacial score (nSPS) is 9.89. The SMILES string of the molecule is O=C(O)c1ccccc1C(=O)Nc1cccc(O)c1. The molecular weight excluding hydrogens is 246 g/mol. The summed E-state index contributed by atoms with van der Waals surface area (Å²) in [6.45, 7) is 0. The van der Waals surface area contributed by atoms with Gasteiger partial charge in [0.25, 0.3) is 5.91 Å². The van der Waals surface area contributed by atoms with E-state index in [1.165, 1.54) is 24.3 Å². The van der Waals surface area contributed by atoms with E-state index in [-0.39, 0.29) is 16.9 Å². The summed E-state index contributed by atoms with van der Waals surface area (Å²) in [5.74, 6) is -1.69. The number of nitrogens with one attached hydrogen (secondary N) is 1. The minimum absolute atomic E-state index is 0.0179. The average molecular weight is 257 g/mol. The molecule has 5 heteroatoms. The number of carboxylic acids is 1. The molecule has 19 heavy (non-hydrogen) atoms. The van der Waals surface area contributed by atoms with Crippen molar-refractivity contribution in [2.75, 3.05) is 5.32 Å². The van der Waals surface area contributed by atoms with Crippen LogP contribution in [0.2, 0.25) is 0 Å². The van der Waals surface area contributed by atoms with Crippen LogP contribution in [0, 0.1) is 0 Å². The lowest BCUT2D eigenvalue weighted by atomic mass is 10.1. The lowest BCUT2D eigenvalue weighted by Gasteiger charge is -2.07. The summed E-state index contributed by atoms with van der Waals surface area (Å²) in [4.78, 5) is 23.0. The topological polar surface area (TPSA) is 86.6 Å². The van der Waals surface area contributed by atoms with Crippen LogP contribution in [-0.2, 0) is 0 Å². The first-order valence-electron chi connectivity index (χ1n) is 5.50. The summed E-state index contributed by atoms with van der Waals surface area (Å²) in [5.41, 5.74) is 0.392. The Morgan fingerprint density at radius 2 is 1.63 bits per heavy atom. The van der Waals surface area contributed by atoms with Crippen LogP contribution in [0.3, 0.4) is 0 Å². The van der Waals surface area contributed by atoms with Crippen LogP contribution in [0.1, 0.15) is 20.7 Å². The van der Waals surface area contributed by atoms with E-state index in [4.69, 9.17) is 5.11 Å². The van der Waals surface area contributed by atoms with Gasteiger partial charge in [0.05, 0.1) is 11.1 Å². The molecule has 5 nitrogen and oxygen atoms in total. The van der Waals surface area contributed by atoms with Crippen molar-refractivity contribution in [2.24, 2.45) is 0 Å². The van der Waals surface area contributed by atoms with E-state index in [0.717, 1.165) is 0 Å². The van der Waals surface area contributed by atoms with Crippen LogP contribution in [0.15, 0.2) is 48.5 Å². The molecule has 0 spiro atoms. The van der Waals surface area contributed by atoms with E-state index in [2.05, 4.69) is 5.32 Å². The standard InChI is InChI=1S/C14H11NO4/c16-10-5-3-4-9(8-10)15-13(17)11-6-1-2-7-12(11)14(18)19/h1-8,16H,(H,15,17)(H,18,19). The molecular formula is C14H11NO4. The van der Waals surface area contributed by atoms with Gasteiger partial charge in [-0.15, -0.1) is 0 Å². The third-order valence-electron chi connectivity index (χ3n) is 2.51. The molecule has 0 saturated heterocycles. The van der Waals surface area contributed by atoms with Crippen molar-refractivity contribution in [2.45, 2.75) is 0 Å². The van der Waals surface area contributed by atoms with Gasteiger partial charge in [0.15, 0.2) is 0 Å². The molecule has 0 radical (unpaired) electrons. The molecule has 0 aliphatic rings. The molecule has 0 atom stereocenters. The molecule has 2 aromatic carbocycles. The van der Waals surface area contributed by atoms with Gasteiger partial charge in [-0.3, -0.25) is 4.79 Å². The van der Waals surface area contributed by atoms with E-state index in [9.17, 15) is 14.7 Å². The smallest absolute Gasteiger partial charge is 0.336 e. The number of phenols is 1. The van der Waals surface area contributed by atoms with Gasteiger partial charge in [-0.25, -0.2) is 4.79 Å². The number of carbonyl (C=O) groups excluding carboxylic acids is 1. The largest absolute Gasteiger partial charge is 0.508 e. The van der Waals surface area contributed by atoms with Gasteiger partial charge in [-0.2, -0.15) is 0 Å². The number of carboxylic acid groups (broad SMARTS) is 1. The van der Waals surface area contributed by atoms with Gasteiger partial charge >= 0.3 is 5.97 Å². The molecule has 0 heterocycles. The molecule has 2 rings (SSSR count). The number of benzene rings is 2. The molecule has 0 fully saturated rings. The maximum Gasteiger partial charge on any atom is 0.336 e. The number of aromatic hydroxyl groups is 1. The second-order valence-corrected chi connectivity index (χ2v) is 3.86. The Morgan fingerprint density at radius 3 is 2.26 bits per heavy atom. The number of aromatic carboxylic acids is 1. The van der Waals surface area contributed by atoms with Crippen LogP contribution in [0.25, 0.3) is 0 Å². The molecule has 96 valence electrons. The highest BCUT2D eigenvalue weighted by atomic mass is 16.4. The van der Waals surface area contributed by atoms with Crippen molar-refractivity contribution in [3.05, 3.63) is 59.7 Å². The average Bonchev–Trinajstić information content (AvgIpc) is 2.38. The molecule has 2 aromatic rings. The first-order valence-corrected chi connectivity index (χ1v) is 5.50. The van der Waals surface area contributed by atoms with E-state index >= 15 is 0 Å². The second kappa shape index (κ2) is 5.22. The van der Waals surface area contributed by atoms with Crippen molar-refractivity contribution >= 4 is 17.6 Å². The quantitative estimate of drug-likeness (QED) is 0.787. The highest BCUT2D eigenvalue weighted by Gasteiger charge is 2.15. The highest BCUT2D eigenvalue weighted by molar-refractivity contribution is 6.10. The van der Waals surface area contributed by atoms with Gasteiger partial charge < -0.3 is 15.5 Å². The predicted molar refractivity (Wildman–Crippen MR) is 69.5 cm³/mol. The van der Waals surface area contributed by atoms with Crippen LogP contribution in [-0.4, -0.2) is 22.1 Å². The Labute approximate surface area is 109 Å².